The maximum absolute atomic E-state index is 5.90. The molecule has 0 radical (unpaired) electrons. The lowest BCUT2D eigenvalue weighted by Crippen LogP contribution is -1.90. The van der Waals surface area contributed by atoms with Crippen LogP contribution in [-0.4, -0.2) is 10.2 Å². The summed E-state index contributed by atoms with van der Waals surface area (Å²) in [6, 6.07) is 8.73. The quantitative estimate of drug-likeness (QED) is 0.777. The van der Waals surface area contributed by atoms with Gasteiger partial charge in [0.25, 0.3) is 5.89 Å². The Kier molecular flexibility index (Phi) is 3.15. The van der Waals surface area contributed by atoms with Crippen LogP contribution in [0.1, 0.15) is 0 Å². The molecule has 0 aliphatic rings. The third-order valence-electron chi connectivity index (χ3n) is 2.27. The van der Waals surface area contributed by atoms with Gasteiger partial charge >= 0.3 is 6.01 Å². The number of aromatic nitrogens is 2. The van der Waals surface area contributed by atoms with Crippen LogP contribution in [-0.2, 0) is 0 Å². The van der Waals surface area contributed by atoms with Gasteiger partial charge in [0.1, 0.15) is 0 Å². The molecule has 0 bridgehead atoms. The van der Waals surface area contributed by atoms with Crippen LogP contribution in [0.5, 0.6) is 0 Å². The van der Waals surface area contributed by atoms with Gasteiger partial charge in [0, 0.05) is 15.7 Å². The van der Waals surface area contributed by atoms with Gasteiger partial charge < -0.3 is 14.2 Å². The van der Waals surface area contributed by atoms with Gasteiger partial charge in [0.15, 0.2) is 5.76 Å². The molecule has 0 aliphatic heterocycles. The molecule has 0 fully saturated rings. The Balaban J connectivity index is 1.84. The van der Waals surface area contributed by atoms with E-state index in [1.54, 1.807) is 30.3 Å². The zero-order chi connectivity index (χ0) is 13.2. The Morgan fingerprint density at radius 2 is 1.84 bits per heavy atom. The van der Waals surface area contributed by atoms with Gasteiger partial charge in [-0.25, -0.2) is 0 Å². The van der Waals surface area contributed by atoms with Crippen molar-refractivity contribution in [1.82, 2.24) is 10.2 Å². The molecule has 0 aliphatic carbocycles. The van der Waals surface area contributed by atoms with E-state index in [0.29, 0.717) is 27.4 Å². The van der Waals surface area contributed by atoms with Gasteiger partial charge in [-0.15, -0.1) is 5.10 Å². The van der Waals surface area contributed by atoms with Crippen LogP contribution in [0.3, 0.4) is 0 Å². The van der Waals surface area contributed by atoms with Gasteiger partial charge in [-0.1, -0.05) is 28.3 Å². The standard InChI is InChI=1S/C12H7Cl2N3O2/c13-7-4-8(14)6-9(5-7)15-12-17-16-11(19-12)10-2-1-3-18-10/h1-6H,(H,15,17). The number of rotatable bonds is 3. The van der Waals surface area contributed by atoms with Crippen LogP contribution in [0.25, 0.3) is 11.7 Å². The molecule has 0 unspecified atom stereocenters. The van der Waals surface area contributed by atoms with E-state index in [2.05, 4.69) is 15.5 Å². The SMILES string of the molecule is Clc1cc(Cl)cc(Nc2nnc(-c3ccco3)o2)c1. The van der Waals surface area contributed by atoms with Gasteiger partial charge in [0.2, 0.25) is 0 Å². The molecule has 0 amide bonds. The summed E-state index contributed by atoms with van der Waals surface area (Å²) in [4.78, 5) is 0. The minimum Gasteiger partial charge on any atom is -0.459 e. The summed E-state index contributed by atoms with van der Waals surface area (Å²) < 4.78 is 10.6. The van der Waals surface area contributed by atoms with Crippen molar-refractivity contribution in [2.45, 2.75) is 0 Å². The van der Waals surface area contributed by atoms with Crippen LogP contribution < -0.4 is 5.32 Å². The average molecular weight is 296 g/mol. The summed E-state index contributed by atoms with van der Waals surface area (Å²) in [6.45, 7) is 0. The van der Waals surface area contributed by atoms with Crippen molar-refractivity contribution in [3.8, 4) is 11.7 Å². The van der Waals surface area contributed by atoms with Crippen LogP contribution >= 0.6 is 23.2 Å². The second kappa shape index (κ2) is 4.95. The second-order valence-corrected chi connectivity index (χ2v) is 4.55. The van der Waals surface area contributed by atoms with Gasteiger partial charge in [-0.2, -0.15) is 0 Å². The molecule has 0 saturated carbocycles. The maximum Gasteiger partial charge on any atom is 0.320 e. The molecule has 0 spiro atoms. The lowest BCUT2D eigenvalue weighted by atomic mass is 10.3. The highest BCUT2D eigenvalue weighted by atomic mass is 35.5. The molecule has 0 saturated heterocycles. The molecular formula is C12H7Cl2N3O2. The van der Waals surface area contributed by atoms with Crippen LogP contribution in [0.2, 0.25) is 10.0 Å². The monoisotopic (exact) mass is 295 g/mol. The molecule has 2 heterocycles. The average Bonchev–Trinajstić information content (AvgIpc) is 2.96. The number of benzene rings is 1. The van der Waals surface area contributed by atoms with Gasteiger partial charge in [-0.3, -0.25) is 0 Å². The van der Waals surface area contributed by atoms with E-state index in [1.807, 2.05) is 0 Å². The molecular weight excluding hydrogens is 289 g/mol. The Labute approximate surface area is 118 Å². The summed E-state index contributed by atoms with van der Waals surface area (Å²) in [5.41, 5.74) is 0.659. The molecule has 5 nitrogen and oxygen atoms in total. The molecule has 0 atom stereocenters. The molecule has 19 heavy (non-hydrogen) atoms. The van der Waals surface area contributed by atoms with Gasteiger partial charge in [0.05, 0.1) is 6.26 Å². The van der Waals surface area contributed by atoms with Crippen molar-refractivity contribution in [1.29, 1.82) is 0 Å². The fourth-order valence-electron chi connectivity index (χ4n) is 1.52. The van der Waals surface area contributed by atoms with E-state index in [4.69, 9.17) is 32.0 Å². The lowest BCUT2D eigenvalue weighted by Gasteiger charge is -2.02. The summed E-state index contributed by atoms with van der Waals surface area (Å²) in [7, 11) is 0. The molecule has 3 aromatic rings. The molecule has 7 heteroatoms. The first-order chi connectivity index (χ1) is 9.20. The van der Waals surface area contributed by atoms with Crippen LogP contribution in [0.15, 0.2) is 45.4 Å². The normalized spacial score (nSPS) is 10.6. The Morgan fingerprint density at radius 1 is 1.05 bits per heavy atom. The topological polar surface area (TPSA) is 64.1 Å². The molecule has 3 rings (SSSR count). The lowest BCUT2D eigenvalue weighted by molar-refractivity contribution is 0.524. The zero-order valence-corrected chi connectivity index (χ0v) is 10.9. The summed E-state index contributed by atoms with van der Waals surface area (Å²) in [6.07, 6.45) is 1.53. The first-order valence-corrected chi connectivity index (χ1v) is 6.07. The maximum atomic E-state index is 5.90. The van der Waals surface area contributed by atoms with E-state index >= 15 is 0 Å². The Hall–Kier alpha value is -1.98. The van der Waals surface area contributed by atoms with E-state index in [1.165, 1.54) is 6.26 Å². The highest BCUT2D eigenvalue weighted by molar-refractivity contribution is 6.35. The van der Waals surface area contributed by atoms with E-state index in [0.717, 1.165) is 0 Å². The minimum absolute atomic E-state index is 0.227. The summed E-state index contributed by atoms with van der Waals surface area (Å²) in [5.74, 6) is 0.797. The highest BCUT2D eigenvalue weighted by Gasteiger charge is 2.11. The molecule has 1 aromatic carbocycles. The third kappa shape index (κ3) is 2.72. The minimum atomic E-state index is 0.227. The van der Waals surface area contributed by atoms with Crippen molar-refractivity contribution in [2.75, 3.05) is 5.32 Å². The Bertz CT molecular complexity index is 675. The van der Waals surface area contributed by atoms with Crippen LogP contribution in [0, 0.1) is 0 Å². The van der Waals surface area contributed by atoms with Gasteiger partial charge in [-0.05, 0) is 30.3 Å². The first-order valence-electron chi connectivity index (χ1n) is 5.31. The number of halogens is 2. The van der Waals surface area contributed by atoms with Crippen molar-refractivity contribution in [3.63, 3.8) is 0 Å². The fraction of sp³-hybridized carbons (Fsp3) is 0. The summed E-state index contributed by atoms with van der Waals surface area (Å²) in [5, 5.41) is 11.7. The predicted octanol–water partition coefficient (Wildman–Crippen LogP) is 4.38. The number of anilines is 2. The van der Waals surface area contributed by atoms with E-state index in [9.17, 15) is 0 Å². The number of hydrogen-bond acceptors (Lipinski definition) is 5. The number of furan rings is 1. The van der Waals surface area contributed by atoms with E-state index in [-0.39, 0.29) is 6.01 Å². The summed E-state index contributed by atoms with van der Waals surface area (Å²) >= 11 is 11.8. The highest BCUT2D eigenvalue weighted by Crippen LogP contribution is 2.26. The third-order valence-corrected chi connectivity index (χ3v) is 2.71. The van der Waals surface area contributed by atoms with Crippen LogP contribution in [0.4, 0.5) is 11.7 Å². The number of nitrogens with zero attached hydrogens (tertiary/aromatic N) is 2. The first kappa shape index (κ1) is 12.1. The molecule has 1 N–H and O–H groups in total. The molecule has 2 aromatic heterocycles. The van der Waals surface area contributed by atoms with Crippen molar-refractivity contribution < 1.29 is 8.83 Å². The molecule has 96 valence electrons. The largest absolute Gasteiger partial charge is 0.459 e. The number of nitrogens with one attached hydrogen (secondary N) is 1. The second-order valence-electron chi connectivity index (χ2n) is 3.67. The van der Waals surface area contributed by atoms with Crippen molar-refractivity contribution in [2.24, 2.45) is 0 Å². The van der Waals surface area contributed by atoms with Crippen molar-refractivity contribution >= 4 is 34.9 Å². The predicted molar refractivity (Wildman–Crippen MR) is 71.7 cm³/mol. The zero-order valence-electron chi connectivity index (χ0n) is 9.43. The Morgan fingerprint density at radius 3 is 2.53 bits per heavy atom. The number of hydrogen-bond donors (Lipinski definition) is 1. The smallest absolute Gasteiger partial charge is 0.320 e. The fourth-order valence-corrected chi connectivity index (χ4v) is 2.05. The van der Waals surface area contributed by atoms with Crippen molar-refractivity contribution in [3.05, 3.63) is 46.6 Å². The van der Waals surface area contributed by atoms with E-state index < -0.39 is 0 Å².